The van der Waals surface area contributed by atoms with Crippen molar-refractivity contribution in [1.29, 1.82) is 0 Å². The summed E-state index contributed by atoms with van der Waals surface area (Å²) in [6.07, 6.45) is 2.00. The van der Waals surface area contributed by atoms with Crippen molar-refractivity contribution in [2.75, 3.05) is 17.7 Å². The fourth-order valence-electron chi connectivity index (χ4n) is 3.24. The van der Waals surface area contributed by atoms with E-state index >= 15 is 0 Å². The van der Waals surface area contributed by atoms with Gasteiger partial charge in [-0.25, -0.2) is 0 Å². The Hall–Kier alpha value is -2.81. The Balaban J connectivity index is 1.81. The second-order valence-corrected chi connectivity index (χ2v) is 5.91. The smallest absolute Gasteiger partial charge is 0.0870 e. The van der Waals surface area contributed by atoms with Crippen molar-refractivity contribution in [2.45, 2.75) is 13.0 Å². The van der Waals surface area contributed by atoms with Gasteiger partial charge in [0.2, 0.25) is 0 Å². The molecule has 1 atom stereocenters. The third-order valence-electron chi connectivity index (χ3n) is 4.44. The molecule has 0 spiro atoms. The molecular formula is C20H19N3. The van der Waals surface area contributed by atoms with Gasteiger partial charge in [0, 0.05) is 30.0 Å². The summed E-state index contributed by atoms with van der Waals surface area (Å²) < 4.78 is 0. The summed E-state index contributed by atoms with van der Waals surface area (Å²) in [6.45, 7) is 2.12. The van der Waals surface area contributed by atoms with Gasteiger partial charge in [-0.05, 0) is 41.6 Å². The van der Waals surface area contributed by atoms with Gasteiger partial charge in [0.15, 0.2) is 0 Å². The number of benzene rings is 3. The molecule has 1 aliphatic rings. The fraction of sp³-hybridized carbons (Fsp3) is 0.150. The lowest BCUT2D eigenvalue weighted by molar-refractivity contribution is 1.06. The molecule has 2 N–H and O–H groups in total. The van der Waals surface area contributed by atoms with Gasteiger partial charge in [-0.15, -0.1) is 0 Å². The van der Waals surface area contributed by atoms with E-state index < -0.39 is 0 Å². The molecule has 0 saturated heterocycles. The largest absolute Gasteiger partial charge is 0.388 e. The van der Waals surface area contributed by atoms with Crippen LogP contribution in [0.15, 0.2) is 59.6 Å². The second-order valence-electron chi connectivity index (χ2n) is 5.91. The first-order valence-corrected chi connectivity index (χ1v) is 7.87. The van der Waals surface area contributed by atoms with Crippen LogP contribution >= 0.6 is 0 Å². The van der Waals surface area contributed by atoms with E-state index in [0.717, 1.165) is 17.1 Å². The third kappa shape index (κ3) is 2.34. The summed E-state index contributed by atoms with van der Waals surface area (Å²) in [7, 11) is 1.95. The van der Waals surface area contributed by atoms with Crippen LogP contribution in [0.25, 0.3) is 10.8 Å². The number of anilines is 2. The van der Waals surface area contributed by atoms with E-state index in [2.05, 4.69) is 72.2 Å². The molecule has 3 nitrogen and oxygen atoms in total. The van der Waals surface area contributed by atoms with Crippen LogP contribution in [0, 0.1) is 6.92 Å². The van der Waals surface area contributed by atoms with Gasteiger partial charge >= 0.3 is 0 Å². The first-order valence-electron chi connectivity index (χ1n) is 7.87. The van der Waals surface area contributed by atoms with E-state index in [-0.39, 0.29) is 6.04 Å². The molecule has 0 aromatic heterocycles. The van der Waals surface area contributed by atoms with Crippen LogP contribution in [-0.4, -0.2) is 13.3 Å². The molecule has 1 heterocycles. The molecule has 1 unspecified atom stereocenters. The summed E-state index contributed by atoms with van der Waals surface area (Å²) in [5.41, 5.74) is 5.77. The van der Waals surface area contributed by atoms with E-state index in [9.17, 15) is 0 Å². The minimum Gasteiger partial charge on any atom is -0.388 e. The first kappa shape index (κ1) is 13.8. The second kappa shape index (κ2) is 5.43. The van der Waals surface area contributed by atoms with Crippen LogP contribution in [-0.2, 0) is 0 Å². The maximum absolute atomic E-state index is 4.73. The molecule has 0 bridgehead atoms. The third-order valence-corrected chi connectivity index (χ3v) is 4.44. The highest BCUT2D eigenvalue weighted by Crippen LogP contribution is 2.36. The van der Waals surface area contributed by atoms with E-state index in [0.29, 0.717) is 0 Å². The predicted molar refractivity (Wildman–Crippen MR) is 99.2 cm³/mol. The molecule has 0 amide bonds. The lowest BCUT2D eigenvalue weighted by atomic mass is 10.0. The van der Waals surface area contributed by atoms with Crippen LogP contribution in [0.4, 0.5) is 17.1 Å². The molecule has 23 heavy (non-hydrogen) atoms. The van der Waals surface area contributed by atoms with E-state index in [4.69, 9.17) is 4.99 Å². The predicted octanol–water partition coefficient (Wildman–Crippen LogP) is 5.06. The zero-order valence-electron chi connectivity index (χ0n) is 13.3. The molecule has 3 heteroatoms. The Bertz CT molecular complexity index is 907. The molecular weight excluding hydrogens is 282 g/mol. The van der Waals surface area contributed by atoms with Crippen LogP contribution in [0.1, 0.15) is 17.2 Å². The number of rotatable bonds is 2. The zero-order valence-corrected chi connectivity index (χ0v) is 13.3. The fourth-order valence-corrected chi connectivity index (χ4v) is 3.24. The highest BCUT2D eigenvalue weighted by molar-refractivity contribution is 6.05. The Morgan fingerprint density at radius 1 is 1.04 bits per heavy atom. The summed E-state index contributed by atoms with van der Waals surface area (Å²) in [6, 6.07) is 19.2. The highest BCUT2D eigenvalue weighted by atomic mass is 15.0. The van der Waals surface area contributed by atoms with Crippen LogP contribution < -0.4 is 10.6 Å². The van der Waals surface area contributed by atoms with Gasteiger partial charge in [-0.2, -0.15) is 0 Å². The SMILES string of the molecule is CNc1ccc(C2C=Nc3cccc4cccc(c34)N2)cc1C. The average Bonchev–Trinajstić information content (AvgIpc) is 2.77. The van der Waals surface area contributed by atoms with Gasteiger partial charge in [0.05, 0.1) is 11.7 Å². The molecule has 3 aromatic rings. The Morgan fingerprint density at radius 3 is 2.65 bits per heavy atom. The Labute approximate surface area is 136 Å². The number of aliphatic imine (C=N–C) groups is 1. The zero-order chi connectivity index (χ0) is 15.8. The van der Waals surface area contributed by atoms with Gasteiger partial charge in [-0.1, -0.05) is 36.4 Å². The average molecular weight is 301 g/mol. The minimum absolute atomic E-state index is 0.0672. The molecule has 0 radical (unpaired) electrons. The molecule has 0 fully saturated rings. The first-order chi connectivity index (χ1) is 11.3. The summed E-state index contributed by atoms with van der Waals surface area (Å²) >= 11 is 0. The van der Waals surface area contributed by atoms with E-state index in [1.165, 1.54) is 21.9 Å². The number of nitrogens with one attached hydrogen (secondary N) is 2. The monoisotopic (exact) mass is 301 g/mol. The van der Waals surface area contributed by atoms with Crippen LogP contribution in [0.5, 0.6) is 0 Å². The van der Waals surface area contributed by atoms with Crippen molar-refractivity contribution in [1.82, 2.24) is 0 Å². The van der Waals surface area contributed by atoms with Crippen molar-refractivity contribution in [3.05, 3.63) is 65.7 Å². The van der Waals surface area contributed by atoms with Crippen molar-refractivity contribution in [2.24, 2.45) is 4.99 Å². The maximum Gasteiger partial charge on any atom is 0.0870 e. The van der Waals surface area contributed by atoms with Crippen molar-refractivity contribution >= 4 is 34.0 Å². The number of hydrogen-bond acceptors (Lipinski definition) is 3. The van der Waals surface area contributed by atoms with E-state index in [1.54, 1.807) is 0 Å². The van der Waals surface area contributed by atoms with Crippen molar-refractivity contribution in [3.8, 4) is 0 Å². The summed E-state index contributed by atoms with van der Waals surface area (Å²) in [5, 5.41) is 9.26. The van der Waals surface area contributed by atoms with Gasteiger partial charge in [-0.3, -0.25) is 4.99 Å². The normalized spacial score (nSPS) is 16.0. The lowest BCUT2D eigenvalue weighted by Crippen LogP contribution is -2.11. The van der Waals surface area contributed by atoms with Crippen molar-refractivity contribution < 1.29 is 0 Å². The molecule has 4 rings (SSSR count). The van der Waals surface area contributed by atoms with Crippen molar-refractivity contribution in [3.63, 3.8) is 0 Å². The lowest BCUT2D eigenvalue weighted by Gasteiger charge is -2.17. The summed E-state index contributed by atoms with van der Waals surface area (Å²) in [4.78, 5) is 4.73. The number of hydrogen-bond donors (Lipinski definition) is 2. The van der Waals surface area contributed by atoms with E-state index in [1.807, 2.05) is 13.3 Å². The minimum atomic E-state index is 0.0672. The summed E-state index contributed by atoms with van der Waals surface area (Å²) in [5.74, 6) is 0. The topological polar surface area (TPSA) is 36.4 Å². The van der Waals surface area contributed by atoms with Gasteiger partial charge < -0.3 is 10.6 Å². The molecule has 1 aliphatic heterocycles. The quantitative estimate of drug-likeness (QED) is 0.694. The Morgan fingerprint density at radius 2 is 1.87 bits per heavy atom. The number of aryl methyl sites for hydroxylation is 1. The maximum atomic E-state index is 4.73. The van der Waals surface area contributed by atoms with Crippen LogP contribution in [0.2, 0.25) is 0 Å². The molecule has 0 aliphatic carbocycles. The molecule has 114 valence electrons. The highest BCUT2D eigenvalue weighted by Gasteiger charge is 2.16. The molecule has 0 saturated carbocycles. The van der Waals surface area contributed by atoms with Crippen LogP contribution in [0.3, 0.4) is 0 Å². The Kier molecular flexibility index (Phi) is 3.27. The molecule has 3 aromatic carbocycles. The standard InChI is InChI=1S/C20H19N3/c1-13-11-15(9-10-16(13)21-2)19-12-22-17-7-3-5-14-6-4-8-18(23-19)20(14)17/h3-12,19,21,23H,1-2H3. The number of nitrogens with zero attached hydrogens (tertiary/aromatic N) is 1. The van der Waals surface area contributed by atoms with Gasteiger partial charge in [0.25, 0.3) is 0 Å². The van der Waals surface area contributed by atoms with Gasteiger partial charge in [0.1, 0.15) is 0 Å².